The van der Waals surface area contributed by atoms with Crippen LogP contribution in [0.5, 0.6) is 0 Å². The van der Waals surface area contributed by atoms with Crippen molar-refractivity contribution in [3.63, 3.8) is 0 Å². The molecule has 0 bridgehead atoms. The van der Waals surface area contributed by atoms with Gasteiger partial charge in [0.05, 0.1) is 11.3 Å². The second-order valence-corrected chi connectivity index (χ2v) is 8.62. The Morgan fingerprint density at radius 3 is 2.26 bits per heavy atom. The first kappa shape index (κ1) is 19.6. The summed E-state index contributed by atoms with van der Waals surface area (Å²) in [5.41, 5.74) is 8.54. The molecule has 0 saturated carbocycles. The van der Waals surface area contributed by atoms with E-state index in [2.05, 4.69) is 64.2 Å². The van der Waals surface area contributed by atoms with E-state index in [1.807, 2.05) is 18.3 Å². The van der Waals surface area contributed by atoms with E-state index in [4.69, 9.17) is 0 Å². The van der Waals surface area contributed by atoms with Crippen molar-refractivity contribution >= 4 is 11.5 Å². The fourth-order valence-corrected chi connectivity index (χ4v) is 5.01. The molecule has 2 aromatic carbocycles. The molecule has 1 aromatic heterocycles. The Kier molecular flexibility index (Phi) is 5.34. The Morgan fingerprint density at radius 1 is 0.871 bits per heavy atom. The molecule has 0 N–H and O–H groups in total. The lowest BCUT2D eigenvalue weighted by atomic mass is 9.82. The maximum Gasteiger partial charge on any atom is 0.128 e. The maximum absolute atomic E-state index is 10.1. The molecule has 1 saturated heterocycles. The first-order valence-electron chi connectivity index (χ1n) is 11.3. The van der Waals surface area contributed by atoms with Crippen LogP contribution in [0.15, 0.2) is 54.7 Å². The van der Waals surface area contributed by atoms with E-state index in [9.17, 15) is 5.26 Å². The number of hydrogen-bond acceptors (Lipinski definition) is 4. The van der Waals surface area contributed by atoms with Crippen molar-refractivity contribution in [1.29, 1.82) is 5.26 Å². The summed E-state index contributed by atoms with van der Waals surface area (Å²) in [4.78, 5) is 9.25. The smallest absolute Gasteiger partial charge is 0.128 e. The van der Waals surface area contributed by atoms with E-state index in [1.165, 1.54) is 40.7 Å². The van der Waals surface area contributed by atoms with Crippen molar-refractivity contribution in [2.75, 3.05) is 36.0 Å². The van der Waals surface area contributed by atoms with Gasteiger partial charge in [0.1, 0.15) is 11.9 Å². The molecule has 4 heteroatoms. The van der Waals surface area contributed by atoms with Crippen molar-refractivity contribution in [3.05, 3.63) is 77.0 Å². The van der Waals surface area contributed by atoms with E-state index in [1.54, 1.807) is 0 Å². The summed E-state index contributed by atoms with van der Waals surface area (Å²) in [5, 5.41) is 10.1. The highest BCUT2D eigenvalue weighted by atomic mass is 15.3. The lowest BCUT2D eigenvalue weighted by molar-refractivity contribution is 0.644. The van der Waals surface area contributed by atoms with Crippen molar-refractivity contribution < 1.29 is 0 Å². The number of pyridine rings is 1. The molecule has 156 valence electrons. The summed E-state index contributed by atoms with van der Waals surface area (Å²) in [6.07, 6.45) is 6.32. The van der Waals surface area contributed by atoms with Crippen LogP contribution in [0.1, 0.15) is 35.1 Å². The second kappa shape index (κ2) is 8.43. The summed E-state index contributed by atoms with van der Waals surface area (Å²) in [7, 11) is 0. The first-order valence-corrected chi connectivity index (χ1v) is 11.3. The van der Waals surface area contributed by atoms with Gasteiger partial charge >= 0.3 is 0 Å². The van der Waals surface area contributed by atoms with Gasteiger partial charge in [-0.2, -0.15) is 5.26 Å². The number of nitriles is 1. The molecule has 31 heavy (non-hydrogen) atoms. The molecule has 0 radical (unpaired) electrons. The number of piperazine rings is 1. The van der Waals surface area contributed by atoms with E-state index in [0.717, 1.165) is 56.1 Å². The predicted octanol–water partition coefficient (Wildman–Crippen LogP) is 5.13. The fraction of sp³-hybridized carbons (Fsp3) is 0.333. The monoisotopic (exact) mass is 408 g/mol. The number of anilines is 2. The summed E-state index contributed by atoms with van der Waals surface area (Å²) >= 11 is 0. The lowest BCUT2D eigenvalue weighted by Crippen LogP contribution is -2.47. The second-order valence-electron chi connectivity index (χ2n) is 8.62. The largest absolute Gasteiger partial charge is 0.367 e. The molecule has 2 heterocycles. The normalized spacial score (nSPS) is 16.0. The Balaban J connectivity index is 1.52. The standard InChI is InChI=1S/C27H28N4/c1-20-9-11-21(12-10-20)24-18-26(25(19-28)23-7-3-2-6-22(23)24)30-14-16-31(17-15-30)27-8-4-5-13-29-27/h4-5,8-13,18H,2-3,6-7,14-17H2,1H3. The van der Waals surface area contributed by atoms with E-state index in [-0.39, 0.29) is 0 Å². The maximum atomic E-state index is 10.1. The molecule has 5 rings (SSSR count). The Labute approximate surface area is 184 Å². The van der Waals surface area contributed by atoms with Gasteiger partial charge in [0, 0.05) is 32.4 Å². The summed E-state index contributed by atoms with van der Waals surface area (Å²) in [6, 6.07) is 19.8. The fourth-order valence-electron chi connectivity index (χ4n) is 5.01. The van der Waals surface area contributed by atoms with Crippen molar-refractivity contribution in [2.24, 2.45) is 0 Å². The summed E-state index contributed by atoms with van der Waals surface area (Å²) in [5.74, 6) is 1.04. The van der Waals surface area contributed by atoms with Crippen molar-refractivity contribution in [1.82, 2.24) is 4.98 Å². The molecular formula is C27H28N4. The van der Waals surface area contributed by atoms with Gasteiger partial charge in [-0.1, -0.05) is 35.9 Å². The summed E-state index contributed by atoms with van der Waals surface area (Å²) < 4.78 is 0. The third-order valence-electron chi connectivity index (χ3n) is 6.70. The highest BCUT2D eigenvalue weighted by Crippen LogP contribution is 2.39. The zero-order valence-corrected chi connectivity index (χ0v) is 18.1. The zero-order chi connectivity index (χ0) is 21.2. The lowest BCUT2D eigenvalue weighted by Gasteiger charge is -2.38. The highest BCUT2D eigenvalue weighted by Gasteiger charge is 2.26. The Morgan fingerprint density at radius 2 is 1.58 bits per heavy atom. The van der Waals surface area contributed by atoms with Crippen LogP contribution in [0.3, 0.4) is 0 Å². The van der Waals surface area contributed by atoms with E-state index >= 15 is 0 Å². The number of benzene rings is 2. The number of rotatable bonds is 3. The number of aromatic nitrogens is 1. The number of nitrogens with zero attached hydrogens (tertiary/aromatic N) is 4. The molecule has 0 amide bonds. The molecular weight excluding hydrogens is 380 g/mol. The SMILES string of the molecule is Cc1ccc(-c2cc(N3CCN(c4ccccn4)CC3)c(C#N)c3c2CCCC3)cc1. The molecule has 0 spiro atoms. The van der Waals surface area contributed by atoms with Crippen LogP contribution in [-0.2, 0) is 12.8 Å². The number of fused-ring (bicyclic) bond motifs is 1. The predicted molar refractivity (Wildman–Crippen MR) is 127 cm³/mol. The van der Waals surface area contributed by atoms with Gasteiger partial charge in [-0.15, -0.1) is 0 Å². The van der Waals surface area contributed by atoms with Gasteiger partial charge in [0.2, 0.25) is 0 Å². The average molecular weight is 409 g/mol. The van der Waals surface area contributed by atoms with Crippen molar-refractivity contribution in [3.8, 4) is 17.2 Å². The highest BCUT2D eigenvalue weighted by molar-refractivity contribution is 5.79. The molecule has 1 aliphatic carbocycles. The van der Waals surface area contributed by atoms with Crippen LogP contribution < -0.4 is 9.80 Å². The van der Waals surface area contributed by atoms with Gasteiger partial charge in [-0.25, -0.2) is 4.98 Å². The topological polar surface area (TPSA) is 43.2 Å². The van der Waals surface area contributed by atoms with Gasteiger partial charge in [0.25, 0.3) is 0 Å². The number of hydrogen-bond donors (Lipinski definition) is 0. The van der Waals surface area contributed by atoms with Crippen LogP contribution in [0.4, 0.5) is 11.5 Å². The van der Waals surface area contributed by atoms with E-state index < -0.39 is 0 Å². The quantitative estimate of drug-likeness (QED) is 0.602. The van der Waals surface area contributed by atoms with Crippen molar-refractivity contribution in [2.45, 2.75) is 32.6 Å². The van der Waals surface area contributed by atoms with Gasteiger partial charge in [-0.3, -0.25) is 0 Å². The molecule has 3 aromatic rings. The van der Waals surface area contributed by atoms with Crippen LogP contribution in [0, 0.1) is 18.3 Å². The summed E-state index contributed by atoms with van der Waals surface area (Å²) in [6.45, 7) is 5.76. The number of aryl methyl sites for hydroxylation is 1. The van der Waals surface area contributed by atoms with Crippen LogP contribution in [0.25, 0.3) is 11.1 Å². The van der Waals surface area contributed by atoms with E-state index in [0.29, 0.717) is 0 Å². The third kappa shape index (κ3) is 3.77. The minimum atomic E-state index is 0.900. The molecule has 1 fully saturated rings. The van der Waals surface area contributed by atoms with Gasteiger partial charge in [0.15, 0.2) is 0 Å². The minimum Gasteiger partial charge on any atom is -0.367 e. The van der Waals surface area contributed by atoms with Crippen LogP contribution in [0.2, 0.25) is 0 Å². The van der Waals surface area contributed by atoms with Crippen LogP contribution in [-0.4, -0.2) is 31.2 Å². The Hall–Kier alpha value is -3.32. The molecule has 1 aliphatic heterocycles. The minimum absolute atomic E-state index is 0.900. The molecule has 0 unspecified atom stereocenters. The molecule has 2 aliphatic rings. The van der Waals surface area contributed by atoms with Gasteiger partial charge < -0.3 is 9.80 Å². The van der Waals surface area contributed by atoms with Gasteiger partial charge in [-0.05, 0) is 73.1 Å². The zero-order valence-electron chi connectivity index (χ0n) is 18.1. The molecule has 0 atom stereocenters. The average Bonchev–Trinajstić information content (AvgIpc) is 2.84. The molecule has 4 nitrogen and oxygen atoms in total. The Bertz CT molecular complexity index is 1100. The third-order valence-corrected chi connectivity index (χ3v) is 6.70. The van der Waals surface area contributed by atoms with Crippen LogP contribution >= 0.6 is 0 Å². The first-order chi connectivity index (χ1) is 15.2.